The first-order valence-corrected chi connectivity index (χ1v) is 5.50. The van der Waals surface area contributed by atoms with E-state index in [4.69, 9.17) is 5.73 Å². The Hall–Kier alpha value is -0.170. The average Bonchev–Trinajstić information content (AvgIpc) is 2.36. The van der Waals surface area contributed by atoms with Crippen molar-refractivity contribution < 1.29 is 8.42 Å². The Morgan fingerprint density at radius 3 is 2.75 bits per heavy atom. The van der Waals surface area contributed by atoms with Crippen molar-refractivity contribution in [2.75, 3.05) is 19.6 Å². The van der Waals surface area contributed by atoms with Crippen molar-refractivity contribution >= 4 is 10.2 Å². The molecule has 0 aromatic carbocycles. The topological polar surface area (TPSA) is 75.4 Å². The van der Waals surface area contributed by atoms with E-state index in [2.05, 4.69) is 4.72 Å². The lowest BCUT2D eigenvalue weighted by Gasteiger charge is -2.15. The number of hydrogen-bond acceptors (Lipinski definition) is 3. The van der Waals surface area contributed by atoms with Gasteiger partial charge in [0.05, 0.1) is 0 Å². The summed E-state index contributed by atoms with van der Waals surface area (Å²) in [5.41, 5.74) is 5.58. The van der Waals surface area contributed by atoms with Crippen molar-refractivity contribution in [2.24, 2.45) is 5.73 Å². The normalized spacial score (nSPS) is 26.3. The third-order valence-electron chi connectivity index (χ3n) is 1.85. The van der Waals surface area contributed by atoms with Crippen LogP contribution in [0.3, 0.4) is 0 Å². The van der Waals surface area contributed by atoms with Crippen LogP contribution in [0.2, 0.25) is 0 Å². The Morgan fingerprint density at radius 2 is 2.33 bits per heavy atom. The highest BCUT2D eigenvalue weighted by atomic mass is 32.2. The first-order chi connectivity index (χ1) is 5.56. The molecular formula is C6H15N3O2S. The molecule has 1 saturated heterocycles. The molecule has 5 nitrogen and oxygen atoms in total. The van der Waals surface area contributed by atoms with E-state index < -0.39 is 10.2 Å². The van der Waals surface area contributed by atoms with Crippen molar-refractivity contribution in [1.82, 2.24) is 9.03 Å². The molecule has 1 atom stereocenters. The smallest absolute Gasteiger partial charge is 0.279 e. The first-order valence-electron chi connectivity index (χ1n) is 4.06. The Labute approximate surface area is 73.1 Å². The largest absolute Gasteiger partial charge is 0.326 e. The Morgan fingerprint density at radius 1 is 1.67 bits per heavy atom. The Kier molecular flexibility index (Phi) is 3.05. The van der Waals surface area contributed by atoms with E-state index in [1.165, 1.54) is 4.31 Å². The number of nitrogens with two attached hydrogens (primary N) is 1. The van der Waals surface area contributed by atoms with Gasteiger partial charge in [-0.1, -0.05) is 6.92 Å². The van der Waals surface area contributed by atoms with Crippen molar-refractivity contribution in [1.29, 1.82) is 0 Å². The lowest BCUT2D eigenvalue weighted by Crippen LogP contribution is -2.40. The van der Waals surface area contributed by atoms with Gasteiger partial charge in [0.25, 0.3) is 10.2 Å². The zero-order chi connectivity index (χ0) is 9.19. The molecule has 1 fully saturated rings. The van der Waals surface area contributed by atoms with Crippen LogP contribution >= 0.6 is 0 Å². The summed E-state index contributed by atoms with van der Waals surface area (Å²) in [7, 11) is -3.24. The van der Waals surface area contributed by atoms with Gasteiger partial charge in [-0.2, -0.15) is 12.7 Å². The average molecular weight is 193 g/mol. The summed E-state index contributed by atoms with van der Waals surface area (Å²) >= 11 is 0. The van der Waals surface area contributed by atoms with Crippen LogP contribution in [0.5, 0.6) is 0 Å². The van der Waals surface area contributed by atoms with Gasteiger partial charge in [0, 0.05) is 25.7 Å². The van der Waals surface area contributed by atoms with E-state index in [-0.39, 0.29) is 6.04 Å². The highest BCUT2D eigenvalue weighted by molar-refractivity contribution is 7.87. The van der Waals surface area contributed by atoms with E-state index in [0.717, 1.165) is 6.42 Å². The molecule has 0 aliphatic carbocycles. The molecule has 0 spiro atoms. The van der Waals surface area contributed by atoms with E-state index in [1.54, 1.807) is 6.92 Å². The molecule has 1 aliphatic rings. The quantitative estimate of drug-likeness (QED) is 0.596. The number of nitrogens with zero attached hydrogens (tertiary/aromatic N) is 1. The van der Waals surface area contributed by atoms with Gasteiger partial charge in [0.1, 0.15) is 0 Å². The van der Waals surface area contributed by atoms with Crippen molar-refractivity contribution in [3.05, 3.63) is 0 Å². The van der Waals surface area contributed by atoms with E-state index in [0.29, 0.717) is 19.6 Å². The van der Waals surface area contributed by atoms with Crippen LogP contribution in [0.15, 0.2) is 0 Å². The number of hydrogen-bond donors (Lipinski definition) is 2. The third-order valence-corrected chi connectivity index (χ3v) is 3.52. The second-order valence-corrected chi connectivity index (χ2v) is 4.66. The lowest BCUT2D eigenvalue weighted by molar-refractivity contribution is 0.462. The van der Waals surface area contributed by atoms with Gasteiger partial charge >= 0.3 is 0 Å². The molecule has 12 heavy (non-hydrogen) atoms. The molecule has 6 heteroatoms. The van der Waals surface area contributed by atoms with E-state index in [1.807, 2.05) is 0 Å². The molecule has 1 heterocycles. The third kappa shape index (κ3) is 2.16. The van der Waals surface area contributed by atoms with Crippen LogP contribution in [0, 0.1) is 0 Å². The summed E-state index contributed by atoms with van der Waals surface area (Å²) in [4.78, 5) is 0. The summed E-state index contributed by atoms with van der Waals surface area (Å²) < 4.78 is 26.5. The SMILES string of the molecule is CCNS(=O)(=O)N1CC[C@@H](N)C1. The van der Waals surface area contributed by atoms with Crippen LogP contribution < -0.4 is 10.5 Å². The fourth-order valence-electron chi connectivity index (χ4n) is 1.25. The molecule has 0 radical (unpaired) electrons. The molecule has 0 unspecified atom stereocenters. The Bertz CT molecular complexity index is 239. The maximum absolute atomic E-state index is 11.3. The van der Waals surface area contributed by atoms with Crippen LogP contribution in [0.4, 0.5) is 0 Å². The molecule has 3 N–H and O–H groups in total. The van der Waals surface area contributed by atoms with E-state index in [9.17, 15) is 8.42 Å². The highest BCUT2D eigenvalue weighted by Crippen LogP contribution is 2.10. The van der Waals surface area contributed by atoms with Gasteiger partial charge in [-0.3, -0.25) is 0 Å². The number of rotatable bonds is 3. The fourth-order valence-corrected chi connectivity index (χ4v) is 2.53. The second kappa shape index (κ2) is 3.69. The molecule has 0 amide bonds. The van der Waals surface area contributed by atoms with Gasteiger partial charge in [-0.15, -0.1) is 0 Å². The molecule has 0 bridgehead atoms. The minimum atomic E-state index is -3.24. The minimum absolute atomic E-state index is 0.00145. The summed E-state index contributed by atoms with van der Waals surface area (Å²) in [6.45, 7) is 3.16. The standard InChI is InChI=1S/C6H15N3O2S/c1-2-8-12(10,11)9-4-3-6(7)5-9/h6,8H,2-5,7H2,1H3/t6-/m1/s1. The van der Waals surface area contributed by atoms with Gasteiger partial charge in [0.2, 0.25) is 0 Å². The first kappa shape index (κ1) is 9.91. The maximum atomic E-state index is 11.3. The fraction of sp³-hybridized carbons (Fsp3) is 1.00. The summed E-state index contributed by atoms with van der Waals surface area (Å²) in [6.07, 6.45) is 0.755. The van der Waals surface area contributed by atoms with Crippen LogP contribution in [-0.4, -0.2) is 38.4 Å². The van der Waals surface area contributed by atoms with Crippen molar-refractivity contribution in [2.45, 2.75) is 19.4 Å². The van der Waals surface area contributed by atoms with Crippen molar-refractivity contribution in [3.63, 3.8) is 0 Å². The number of nitrogens with one attached hydrogen (secondary N) is 1. The van der Waals surface area contributed by atoms with E-state index >= 15 is 0 Å². The summed E-state index contributed by atoms with van der Waals surface area (Å²) in [5.74, 6) is 0. The van der Waals surface area contributed by atoms with Gasteiger partial charge < -0.3 is 5.73 Å². The predicted octanol–water partition coefficient (Wildman–Crippen LogP) is -1.13. The lowest BCUT2D eigenvalue weighted by atomic mass is 10.3. The molecule has 0 aromatic rings. The molecule has 1 aliphatic heterocycles. The maximum Gasteiger partial charge on any atom is 0.279 e. The van der Waals surface area contributed by atoms with Crippen LogP contribution in [0.25, 0.3) is 0 Å². The van der Waals surface area contributed by atoms with Gasteiger partial charge in [0.15, 0.2) is 0 Å². The minimum Gasteiger partial charge on any atom is -0.326 e. The van der Waals surface area contributed by atoms with Gasteiger partial charge in [-0.05, 0) is 6.42 Å². The molecule has 1 rings (SSSR count). The molecule has 0 aromatic heterocycles. The highest BCUT2D eigenvalue weighted by Gasteiger charge is 2.28. The molecule has 72 valence electrons. The molecule has 0 saturated carbocycles. The van der Waals surface area contributed by atoms with Gasteiger partial charge in [-0.25, -0.2) is 4.72 Å². The van der Waals surface area contributed by atoms with Crippen LogP contribution in [0.1, 0.15) is 13.3 Å². The zero-order valence-corrected chi connectivity index (χ0v) is 7.97. The summed E-state index contributed by atoms with van der Waals surface area (Å²) in [6, 6.07) is -0.00145. The summed E-state index contributed by atoms with van der Waals surface area (Å²) in [5, 5.41) is 0. The Balaban J connectivity index is 2.58. The molecular weight excluding hydrogens is 178 g/mol. The monoisotopic (exact) mass is 193 g/mol. The second-order valence-electron chi connectivity index (χ2n) is 2.91. The zero-order valence-electron chi connectivity index (χ0n) is 7.16. The van der Waals surface area contributed by atoms with Crippen molar-refractivity contribution in [3.8, 4) is 0 Å². The predicted molar refractivity (Wildman–Crippen MR) is 46.8 cm³/mol. The van der Waals surface area contributed by atoms with Crippen LogP contribution in [-0.2, 0) is 10.2 Å².